The van der Waals surface area contributed by atoms with Gasteiger partial charge >= 0.3 is 0 Å². The minimum Gasteiger partial charge on any atom is -0.390 e. The van der Waals surface area contributed by atoms with Crippen LogP contribution in [0.5, 0.6) is 0 Å². The van der Waals surface area contributed by atoms with Crippen molar-refractivity contribution in [2.24, 2.45) is 0 Å². The minimum absolute atomic E-state index is 0.0530. The first-order chi connectivity index (χ1) is 11.5. The van der Waals surface area contributed by atoms with Crippen molar-refractivity contribution in [1.29, 1.82) is 0 Å². The molecule has 132 valence electrons. The molecule has 1 amide bonds. The Hall–Kier alpha value is -1.43. The summed E-state index contributed by atoms with van der Waals surface area (Å²) >= 11 is 0. The summed E-state index contributed by atoms with van der Waals surface area (Å²) in [5, 5.41) is 10.1. The first-order valence-corrected chi connectivity index (χ1v) is 8.78. The Kier molecular flexibility index (Phi) is 5.23. The highest BCUT2D eigenvalue weighted by Gasteiger charge is 2.45. The fourth-order valence-electron chi connectivity index (χ4n) is 3.40. The third-order valence-corrected chi connectivity index (χ3v) is 5.18. The second kappa shape index (κ2) is 7.21. The molecule has 0 spiro atoms. The second-order valence-electron chi connectivity index (χ2n) is 7.17. The number of amides is 1. The normalized spacial score (nSPS) is 23.0. The third kappa shape index (κ3) is 3.97. The summed E-state index contributed by atoms with van der Waals surface area (Å²) in [6, 6.07) is 9.94. The molecule has 0 bridgehead atoms. The molecule has 0 radical (unpaired) electrons. The van der Waals surface area contributed by atoms with Gasteiger partial charge in [0.15, 0.2) is 5.60 Å². The van der Waals surface area contributed by atoms with Gasteiger partial charge in [0.25, 0.3) is 5.91 Å². The standard InChI is InChI=1S/C19H27NO4/c1-18(22)7-11-20(12-8-18)17(21)19(9-13-23-14-10-19)24-15-16-5-3-2-4-6-16/h2-6,22H,7-15H2,1H3. The van der Waals surface area contributed by atoms with E-state index in [2.05, 4.69) is 0 Å². The van der Waals surface area contributed by atoms with Crippen molar-refractivity contribution in [2.45, 2.75) is 50.4 Å². The van der Waals surface area contributed by atoms with Gasteiger partial charge in [-0.15, -0.1) is 0 Å². The molecule has 24 heavy (non-hydrogen) atoms. The Morgan fingerprint density at radius 1 is 1.17 bits per heavy atom. The Balaban J connectivity index is 1.69. The van der Waals surface area contributed by atoms with Gasteiger partial charge in [-0.1, -0.05) is 30.3 Å². The lowest BCUT2D eigenvalue weighted by molar-refractivity contribution is -0.177. The van der Waals surface area contributed by atoms with Crippen LogP contribution in [0, 0.1) is 0 Å². The molecule has 2 saturated heterocycles. The highest BCUT2D eigenvalue weighted by molar-refractivity contribution is 5.85. The third-order valence-electron chi connectivity index (χ3n) is 5.18. The maximum atomic E-state index is 13.2. The van der Waals surface area contributed by atoms with Gasteiger partial charge in [-0.05, 0) is 25.3 Å². The summed E-state index contributed by atoms with van der Waals surface area (Å²) in [6.07, 6.45) is 2.41. The van der Waals surface area contributed by atoms with Crippen LogP contribution in [-0.4, -0.2) is 53.4 Å². The molecule has 5 nitrogen and oxygen atoms in total. The van der Waals surface area contributed by atoms with Gasteiger partial charge in [0.05, 0.1) is 12.2 Å². The number of carbonyl (C=O) groups is 1. The molecular formula is C19H27NO4. The van der Waals surface area contributed by atoms with E-state index in [1.165, 1.54) is 0 Å². The van der Waals surface area contributed by atoms with Crippen molar-refractivity contribution in [3.8, 4) is 0 Å². The fourth-order valence-corrected chi connectivity index (χ4v) is 3.40. The van der Waals surface area contributed by atoms with E-state index in [1.54, 1.807) is 0 Å². The van der Waals surface area contributed by atoms with Gasteiger partial charge in [0, 0.05) is 39.1 Å². The van der Waals surface area contributed by atoms with Crippen LogP contribution in [0.2, 0.25) is 0 Å². The molecule has 2 aliphatic rings. The van der Waals surface area contributed by atoms with Crippen molar-refractivity contribution >= 4 is 5.91 Å². The number of carbonyl (C=O) groups excluding carboxylic acids is 1. The zero-order chi connectivity index (χ0) is 17.0. The summed E-state index contributed by atoms with van der Waals surface area (Å²) in [5.41, 5.74) is -0.389. The van der Waals surface area contributed by atoms with Crippen molar-refractivity contribution in [3.05, 3.63) is 35.9 Å². The Bertz CT molecular complexity index is 542. The molecule has 1 aromatic carbocycles. The lowest BCUT2D eigenvalue weighted by Crippen LogP contribution is -2.56. The van der Waals surface area contributed by atoms with Gasteiger partial charge in [0.2, 0.25) is 0 Å². The molecule has 2 aliphatic heterocycles. The lowest BCUT2D eigenvalue weighted by atomic mass is 9.88. The summed E-state index contributed by atoms with van der Waals surface area (Å²) in [5.74, 6) is 0.0530. The van der Waals surface area contributed by atoms with Gasteiger partial charge < -0.3 is 19.5 Å². The molecular weight excluding hydrogens is 306 g/mol. The zero-order valence-corrected chi connectivity index (χ0v) is 14.4. The van der Waals surface area contributed by atoms with Crippen LogP contribution in [0.25, 0.3) is 0 Å². The van der Waals surface area contributed by atoms with Crippen molar-refractivity contribution in [3.63, 3.8) is 0 Å². The van der Waals surface area contributed by atoms with E-state index in [0.717, 1.165) is 5.56 Å². The quantitative estimate of drug-likeness (QED) is 0.917. The van der Waals surface area contributed by atoms with E-state index in [1.807, 2.05) is 42.2 Å². The van der Waals surface area contributed by atoms with E-state index < -0.39 is 11.2 Å². The van der Waals surface area contributed by atoms with Gasteiger partial charge in [0.1, 0.15) is 0 Å². The minimum atomic E-state index is -0.794. The molecule has 0 aliphatic carbocycles. The van der Waals surface area contributed by atoms with Crippen LogP contribution >= 0.6 is 0 Å². The average molecular weight is 333 g/mol. The van der Waals surface area contributed by atoms with Crippen LogP contribution in [0.1, 0.15) is 38.2 Å². The fraction of sp³-hybridized carbons (Fsp3) is 0.632. The predicted octanol–water partition coefficient (Wildman–Crippen LogP) is 2.13. The Morgan fingerprint density at radius 3 is 2.42 bits per heavy atom. The molecule has 1 aromatic rings. The van der Waals surface area contributed by atoms with Crippen LogP contribution in [0.15, 0.2) is 30.3 Å². The van der Waals surface area contributed by atoms with Gasteiger partial charge in [-0.25, -0.2) is 0 Å². The number of ether oxygens (including phenoxy) is 2. The maximum absolute atomic E-state index is 13.2. The summed E-state index contributed by atoms with van der Waals surface area (Å²) in [7, 11) is 0. The van der Waals surface area contributed by atoms with Crippen molar-refractivity contribution < 1.29 is 19.4 Å². The Labute approximate surface area is 143 Å². The number of likely N-dealkylation sites (tertiary alicyclic amines) is 1. The molecule has 1 N–H and O–H groups in total. The number of benzene rings is 1. The van der Waals surface area contributed by atoms with E-state index in [9.17, 15) is 9.90 Å². The zero-order valence-electron chi connectivity index (χ0n) is 14.4. The van der Waals surface area contributed by atoms with E-state index in [4.69, 9.17) is 9.47 Å². The molecule has 2 heterocycles. The number of rotatable bonds is 4. The SMILES string of the molecule is CC1(O)CCN(C(=O)C2(OCc3ccccc3)CCOCC2)CC1. The number of hydrogen-bond acceptors (Lipinski definition) is 4. The molecule has 0 unspecified atom stereocenters. The molecule has 5 heteroatoms. The van der Waals surface area contributed by atoms with E-state index in [-0.39, 0.29) is 5.91 Å². The second-order valence-corrected chi connectivity index (χ2v) is 7.17. The first kappa shape index (κ1) is 17.4. The highest BCUT2D eigenvalue weighted by Crippen LogP contribution is 2.31. The Morgan fingerprint density at radius 2 is 1.79 bits per heavy atom. The lowest BCUT2D eigenvalue weighted by Gasteiger charge is -2.43. The molecule has 3 rings (SSSR count). The number of piperidine rings is 1. The monoisotopic (exact) mass is 333 g/mol. The van der Waals surface area contributed by atoms with Crippen LogP contribution in [0.3, 0.4) is 0 Å². The summed E-state index contributed by atoms with van der Waals surface area (Å²) < 4.78 is 11.6. The van der Waals surface area contributed by atoms with Crippen LogP contribution in [0.4, 0.5) is 0 Å². The van der Waals surface area contributed by atoms with Gasteiger partial charge in [-0.2, -0.15) is 0 Å². The average Bonchev–Trinajstić information content (AvgIpc) is 2.61. The molecule has 0 atom stereocenters. The highest BCUT2D eigenvalue weighted by atomic mass is 16.5. The maximum Gasteiger partial charge on any atom is 0.255 e. The molecule has 0 aromatic heterocycles. The van der Waals surface area contributed by atoms with Gasteiger partial charge in [-0.3, -0.25) is 4.79 Å². The first-order valence-electron chi connectivity index (χ1n) is 8.78. The predicted molar refractivity (Wildman–Crippen MR) is 90.5 cm³/mol. The molecule has 2 fully saturated rings. The van der Waals surface area contributed by atoms with E-state index >= 15 is 0 Å². The summed E-state index contributed by atoms with van der Waals surface area (Å²) in [4.78, 5) is 15.0. The largest absolute Gasteiger partial charge is 0.390 e. The van der Waals surface area contributed by atoms with E-state index in [0.29, 0.717) is 58.6 Å². The molecule has 0 saturated carbocycles. The van der Waals surface area contributed by atoms with Crippen LogP contribution < -0.4 is 0 Å². The van der Waals surface area contributed by atoms with Crippen molar-refractivity contribution in [1.82, 2.24) is 4.90 Å². The van der Waals surface area contributed by atoms with Crippen molar-refractivity contribution in [2.75, 3.05) is 26.3 Å². The number of hydrogen-bond donors (Lipinski definition) is 1. The topological polar surface area (TPSA) is 59.0 Å². The van der Waals surface area contributed by atoms with Crippen LogP contribution in [-0.2, 0) is 20.9 Å². The smallest absolute Gasteiger partial charge is 0.255 e. The number of aliphatic hydroxyl groups is 1. The number of nitrogens with zero attached hydrogens (tertiary/aromatic N) is 1. The summed E-state index contributed by atoms with van der Waals surface area (Å²) in [6.45, 7) is 4.54.